The molecule has 0 aliphatic heterocycles. The van der Waals surface area contributed by atoms with Gasteiger partial charge in [0.1, 0.15) is 0 Å². The van der Waals surface area contributed by atoms with E-state index in [9.17, 15) is 0 Å². The zero-order chi connectivity index (χ0) is 30.7. The highest BCUT2D eigenvalue weighted by Crippen LogP contribution is 2.68. The number of unbranched alkanes of at least 4 members (excludes halogenated alkanes) is 5. The Hall–Kier alpha value is -0.200. The van der Waals surface area contributed by atoms with E-state index in [1.165, 1.54) is 116 Å². The van der Waals surface area contributed by atoms with Gasteiger partial charge in [0.25, 0.3) is 0 Å². The first-order valence-electron chi connectivity index (χ1n) is 19.2. The SMILES string of the molecule is CCCCCCCCNCCC[C@@H](C)[C@H]1CC[C@H]2C3[C@H](OCCCN)CC4C[C@H](OCCCN)CCC4(C)[C@H]3CCC12C. The van der Waals surface area contributed by atoms with Gasteiger partial charge in [-0.05, 0) is 156 Å². The van der Waals surface area contributed by atoms with Gasteiger partial charge >= 0.3 is 0 Å². The molecule has 0 aromatic heterocycles. The summed E-state index contributed by atoms with van der Waals surface area (Å²) in [4.78, 5) is 0. The fourth-order valence-corrected chi connectivity index (χ4v) is 11.0. The molecule has 4 unspecified atom stereocenters. The molecule has 4 saturated carbocycles. The number of ether oxygens (including phenoxy) is 2. The predicted octanol–water partition coefficient (Wildman–Crippen LogP) is 8.09. The summed E-state index contributed by atoms with van der Waals surface area (Å²) in [6.07, 6.45) is 24.5. The maximum Gasteiger partial charge on any atom is 0.0611 e. The van der Waals surface area contributed by atoms with Gasteiger partial charge in [-0.25, -0.2) is 0 Å². The molecule has 10 atom stereocenters. The second kappa shape index (κ2) is 17.6. The summed E-state index contributed by atoms with van der Waals surface area (Å²) in [6.45, 7) is 15.8. The van der Waals surface area contributed by atoms with Gasteiger partial charge in [0, 0.05) is 13.2 Å². The Morgan fingerprint density at radius 1 is 0.744 bits per heavy atom. The lowest BCUT2D eigenvalue weighted by atomic mass is 9.43. The number of nitrogens with two attached hydrogens (primary N) is 2. The Kier molecular flexibility index (Phi) is 14.6. The molecule has 0 aromatic rings. The highest BCUT2D eigenvalue weighted by atomic mass is 16.5. The van der Waals surface area contributed by atoms with Crippen LogP contribution < -0.4 is 16.8 Å². The van der Waals surface area contributed by atoms with E-state index in [-0.39, 0.29) is 0 Å². The average Bonchev–Trinajstić information content (AvgIpc) is 3.36. The second-order valence-corrected chi connectivity index (χ2v) is 16.1. The highest BCUT2D eigenvalue weighted by molar-refractivity contribution is 5.12. The average molecular weight is 604 g/mol. The minimum absolute atomic E-state index is 0.405. The summed E-state index contributed by atoms with van der Waals surface area (Å²) in [7, 11) is 0. The summed E-state index contributed by atoms with van der Waals surface area (Å²) in [5.74, 6) is 4.77. The molecule has 4 aliphatic rings. The lowest BCUT2D eigenvalue weighted by Gasteiger charge is -2.63. The normalized spacial score (nSPS) is 38.0. The van der Waals surface area contributed by atoms with Crippen LogP contribution in [0.4, 0.5) is 0 Å². The van der Waals surface area contributed by atoms with Gasteiger partial charge < -0.3 is 26.3 Å². The number of nitrogens with one attached hydrogen (secondary N) is 1. The van der Waals surface area contributed by atoms with Crippen LogP contribution in [0.5, 0.6) is 0 Å². The van der Waals surface area contributed by atoms with Crippen LogP contribution in [0.25, 0.3) is 0 Å². The van der Waals surface area contributed by atoms with Gasteiger partial charge in [0.15, 0.2) is 0 Å². The van der Waals surface area contributed by atoms with E-state index in [4.69, 9.17) is 20.9 Å². The summed E-state index contributed by atoms with van der Waals surface area (Å²) in [6, 6.07) is 0. The second-order valence-electron chi connectivity index (χ2n) is 16.1. The molecule has 252 valence electrons. The summed E-state index contributed by atoms with van der Waals surface area (Å²) >= 11 is 0. The van der Waals surface area contributed by atoms with Crippen LogP contribution >= 0.6 is 0 Å². The molecule has 5 N–H and O–H groups in total. The summed E-state index contributed by atoms with van der Waals surface area (Å²) in [5.41, 5.74) is 12.6. The van der Waals surface area contributed by atoms with Crippen molar-refractivity contribution in [3.05, 3.63) is 0 Å². The molecule has 4 fully saturated rings. The Labute approximate surface area is 267 Å². The number of fused-ring (bicyclic) bond motifs is 5. The predicted molar refractivity (Wildman–Crippen MR) is 182 cm³/mol. The van der Waals surface area contributed by atoms with Crippen molar-refractivity contribution in [3.8, 4) is 0 Å². The quantitative estimate of drug-likeness (QED) is 0.123. The molecule has 4 aliphatic carbocycles. The maximum absolute atomic E-state index is 6.86. The molecule has 43 heavy (non-hydrogen) atoms. The van der Waals surface area contributed by atoms with Crippen LogP contribution in [0.2, 0.25) is 0 Å². The van der Waals surface area contributed by atoms with Crippen molar-refractivity contribution < 1.29 is 9.47 Å². The Bertz CT molecular complexity index is 780. The third kappa shape index (κ3) is 8.79. The molecule has 0 amide bonds. The Balaban J connectivity index is 1.34. The molecule has 5 nitrogen and oxygen atoms in total. The van der Waals surface area contributed by atoms with Crippen molar-refractivity contribution in [1.29, 1.82) is 0 Å². The van der Waals surface area contributed by atoms with Gasteiger partial charge in [-0.3, -0.25) is 0 Å². The van der Waals surface area contributed by atoms with Gasteiger partial charge in [-0.1, -0.05) is 59.8 Å². The smallest absolute Gasteiger partial charge is 0.0611 e. The maximum atomic E-state index is 6.86. The first-order chi connectivity index (χ1) is 20.9. The molecule has 0 spiro atoms. The van der Waals surface area contributed by atoms with Gasteiger partial charge in [-0.15, -0.1) is 0 Å². The number of hydrogen-bond donors (Lipinski definition) is 3. The molecule has 5 heteroatoms. The molecule has 0 heterocycles. The lowest BCUT2D eigenvalue weighted by Crippen LogP contribution is -2.59. The van der Waals surface area contributed by atoms with Crippen LogP contribution in [0.3, 0.4) is 0 Å². The van der Waals surface area contributed by atoms with E-state index in [1.54, 1.807) is 0 Å². The van der Waals surface area contributed by atoms with Crippen molar-refractivity contribution in [2.75, 3.05) is 39.4 Å². The van der Waals surface area contributed by atoms with Crippen LogP contribution in [0.1, 0.15) is 143 Å². The van der Waals surface area contributed by atoms with E-state index >= 15 is 0 Å². The van der Waals surface area contributed by atoms with Crippen LogP contribution in [0, 0.1) is 46.3 Å². The lowest BCUT2D eigenvalue weighted by molar-refractivity contribution is -0.191. The number of hydrogen-bond acceptors (Lipinski definition) is 5. The van der Waals surface area contributed by atoms with Gasteiger partial charge in [0.2, 0.25) is 0 Å². The van der Waals surface area contributed by atoms with Crippen LogP contribution in [-0.4, -0.2) is 51.6 Å². The van der Waals surface area contributed by atoms with E-state index in [1.807, 2.05) is 0 Å². The monoisotopic (exact) mass is 604 g/mol. The van der Waals surface area contributed by atoms with Gasteiger partial charge in [-0.2, -0.15) is 0 Å². The molecule has 0 bridgehead atoms. The van der Waals surface area contributed by atoms with Crippen molar-refractivity contribution in [2.24, 2.45) is 57.8 Å². The van der Waals surface area contributed by atoms with Crippen LogP contribution in [-0.2, 0) is 9.47 Å². The topological polar surface area (TPSA) is 82.5 Å². The standard InChI is InChI=1S/C38H73N3O2/c1-5-6-7-8-9-10-23-41-24-11-14-29(2)32-15-16-33-36-34(18-20-38(32,33)4)37(3)19-17-31(42-25-12-21-39)27-30(37)28-35(36)43-26-13-22-40/h29-36,41H,5-28,39-40H2,1-4H3/t29-,30?,31-,32-,33+,34+,35-,36?,37?,38?/m1/s1. The molecular weight excluding hydrogens is 530 g/mol. The van der Waals surface area contributed by atoms with E-state index < -0.39 is 0 Å². The zero-order valence-electron chi connectivity index (χ0n) is 29.1. The Morgan fingerprint density at radius 3 is 2.19 bits per heavy atom. The number of rotatable bonds is 20. The summed E-state index contributed by atoms with van der Waals surface area (Å²) < 4.78 is 13.2. The first-order valence-corrected chi connectivity index (χ1v) is 19.2. The third-order valence-corrected chi connectivity index (χ3v) is 13.5. The fraction of sp³-hybridized carbons (Fsp3) is 1.00. The Morgan fingerprint density at radius 2 is 1.42 bits per heavy atom. The molecule has 0 saturated heterocycles. The third-order valence-electron chi connectivity index (χ3n) is 13.5. The molecular formula is C38H73N3O2. The summed E-state index contributed by atoms with van der Waals surface area (Å²) in [5, 5.41) is 3.76. The molecule has 0 radical (unpaired) electrons. The van der Waals surface area contributed by atoms with Crippen LogP contribution in [0.15, 0.2) is 0 Å². The fourth-order valence-electron chi connectivity index (χ4n) is 11.0. The van der Waals surface area contributed by atoms with Crippen molar-refractivity contribution in [2.45, 2.75) is 155 Å². The molecule has 4 rings (SSSR count). The van der Waals surface area contributed by atoms with Gasteiger partial charge in [0.05, 0.1) is 12.2 Å². The van der Waals surface area contributed by atoms with Crippen molar-refractivity contribution in [1.82, 2.24) is 5.32 Å². The van der Waals surface area contributed by atoms with Crippen molar-refractivity contribution >= 4 is 0 Å². The van der Waals surface area contributed by atoms with E-state index in [2.05, 4.69) is 33.0 Å². The zero-order valence-corrected chi connectivity index (χ0v) is 29.1. The first kappa shape index (κ1) is 35.7. The van der Waals surface area contributed by atoms with Crippen molar-refractivity contribution in [3.63, 3.8) is 0 Å². The largest absolute Gasteiger partial charge is 0.378 e. The van der Waals surface area contributed by atoms with E-state index in [0.717, 1.165) is 74.7 Å². The minimum Gasteiger partial charge on any atom is -0.378 e. The van der Waals surface area contributed by atoms with E-state index in [0.29, 0.717) is 23.0 Å². The highest BCUT2D eigenvalue weighted by Gasteiger charge is 2.63. The molecule has 0 aromatic carbocycles. The minimum atomic E-state index is 0.405.